The molecule has 1 amide bonds. The second-order valence-corrected chi connectivity index (χ2v) is 16.4. The van der Waals surface area contributed by atoms with Crippen molar-refractivity contribution >= 4 is 5.91 Å². The molecule has 5 heteroatoms. The normalized spacial score (nSPS) is 13.8. The lowest BCUT2D eigenvalue weighted by molar-refractivity contribution is -0.124. The zero-order valence-electron chi connectivity index (χ0n) is 36.1. The van der Waals surface area contributed by atoms with Gasteiger partial charge in [-0.1, -0.05) is 217 Å². The second-order valence-electron chi connectivity index (χ2n) is 16.4. The first-order valence-corrected chi connectivity index (χ1v) is 23.8. The van der Waals surface area contributed by atoms with Gasteiger partial charge in [0.2, 0.25) is 5.91 Å². The maximum absolute atomic E-state index is 12.4. The Morgan fingerprint density at radius 1 is 0.463 bits per heavy atom. The highest BCUT2D eigenvalue weighted by molar-refractivity contribution is 5.76. The fraction of sp³-hybridized carbons (Fsp3) is 0.857. The maximum atomic E-state index is 12.4. The Kier molecular flexibility index (Phi) is 43.1. The van der Waals surface area contributed by atoms with Crippen molar-refractivity contribution in [1.82, 2.24) is 5.32 Å². The molecule has 4 N–H and O–H groups in total. The summed E-state index contributed by atoms with van der Waals surface area (Å²) in [7, 11) is 0. The minimum Gasteiger partial charge on any atom is -0.394 e. The van der Waals surface area contributed by atoms with Crippen LogP contribution >= 0.6 is 0 Å². The number of aliphatic hydroxyl groups excluding tert-OH is 3. The Labute approximate surface area is 336 Å². The van der Waals surface area contributed by atoms with Gasteiger partial charge in [0.05, 0.1) is 31.3 Å². The fourth-order valence-corrected chi connectivity index (χ4v) is 7.23. The smallest absolute Gasteiger partial charge is 0.222 e. The predicted octanol–water partition coefficient (Wildman–Crippen LogP) is 13.9. The van der Waals surface area contributed by atoms with Crippen LogP contribution in [0.15, 0.2) is 36.5 Å². The molecule has 0 aliphatic rings. The summed E-state index contributed by atoms with van der Waals surface area (Å²) in [6, 6.07) is -0.763. The Morgan fingerprint density at radius 3 is 1.19 bits per heavy atom. The number of amides is 1. The quantitative estimate of drug-likeness (QED) is 0.0368. The average molecular weight is 760 g/mol. The Bertz CT molecular complexity index is 840. The van der Waals surface area contributed by atoms with Crippen LogP contribution in [0.5, 0.6) is 0 Å². The number of hydrogen-bond donors (Lipinski definition) is 4. The number of hydrogen-bond acceptors (Lipinski definition) is 4. The molecule has 0 aliphatic carbocycles. The van der Waals surface area contributed by atoms with E-state index in [1.165, 1.54) is 173 Å². The van der Waals surface area contributed by atoms with Crippen molar-refractivity contribution in [3.05, 3.63) is 36.5 Å². The summed E-state index contributed by atoms with van der Waals surface area (Å²) in [5, 5.41) is 33.3. The summed E-state index contributed by atoms with van der Waals surface area (Å²) in [6.45, 7) is 4.21. The van der Waals surface area contributed by atoms with E-state index in [4.69, 9.17) is 0 Å². The maximum Gasteiger partial charge on any atom is 0.222 e. The van der Waals surface area contributed by atoms with E-state index >= 15 is 0 Å². The van der Waals surface area contributed by atoms with Gasteiger partial charge in [0.15, 0.2) is 0 Å². The number of allylic oxidation sites excluding steroid dienone is 5. The van der Waals surface area contributed by atoms with Crippen molar-refractivity contribution in [1.29, 1.82) is 0 Å². The van der Waals surface area contributed by atoms with Crippen molar-refractivity contribution < 1.29 is 20.1 Å². The van der Waals surface area contributed by atoms with E-state index in [9.17, 15) is 20.1 Å². The fourth-order valence-electron chi connectivity index (χ4n) is 7.23. The van der Waals surface area contributed by atoms with E-state index in [2.05, 4.69) is 43.5 Å². The molecule has 3 unspecified atom stereocenters. The van der Waals surface area contributed by atoms with Crippen molar-refractivity contribution in [3.63, 3.8) is 0 Å². The van der Waals surface area contributed by atoms with Gasteiger partial charge in [0.25, 0.3) is 0 Å². The molecule has 0 heterocycles. The number of aliphatic hydroxyl groups is 3. The molecule has 0 aromatic carbocycles. The summed E-state index contributed by atoms with van der Waals surface area (Å²) in [5.41, 5.74) is 0. The van der Waals surface area contributed by atoms with Gasteiger partial charge in [-0.2, -0.15) is 0 Å². The molecule has 0 aliphatic heterocycles. The first-order chi connectivity index (χ1) is 26.5. The lowest BCUT2D eigenvalue weighted by atomic mass is 10.0. The van der Waals surface area contributed by atoms with Crippen molar-refractivity contribution in [2.75, 3.05) is 6.61 Å². The molecular weight excluding hydrogens is 667 g/mol. The highest BCUT2D eigenvalue weighted by Gasteiger charge is 2.20. The summed E-state index contributed by atoms with van der Waals surface area (Å²) < 4.78 is 0. The summed E-state index contributed by atoms with van der Waals surface area (Å²) >= 11 is 0. The third kappa shape index (κ3) is 40.2. The molecule has 3 atom stereocenters. The third-order valence-corrected chi connectivity index (χ3v) is 10.9. The van der Waals surface area contributed by atoms with Crippen LogP contribution in [0.2, 0.25) is 0 Å². The molecule has 0 fully saturated rings. The van der Waals surface area contributed by atoms with Crippen LogP contribution in [-0.4, -0.2) is 46.1 Å². The Balaban J connectivity index is 3.69. The van der Waals surface area contributed by atoms with Gasteiger partial charge in [0.1, 0.15) is 0 Å². The van der Waals surface area contributed by atoms with Gasteiger partial charge in [-0.25, -0.2) is 0 Å². The number of carbonyl (C=O) groups is 1. The lowest BCUT2D eigenvalue weighted by Gasteiger charge is -2.20. The SMILES string of the molecule is CCCCCCCCCC/C=C\CCCCCCCC(O)CC(=O)NC(CO)C(O)/C=C/CC/C=C/CCCCCCCCCCCCCCCCCC. The van der Waals surface area contributed by atoms with E-state index in [-0.39, 0.29) is 18.9 Å². The van der Waals surface area contributed by atoms with Gasteiger partial charge in [-0.15, -0.1) is 0 Å². The average Bonchev–Trinajstić information content (AvgIpc) is 3.16. The minimum absolute atomic E-state index is 0.000775. The lowest BCUT2D eigenvalue weighted by Crippen LogP contribution is -2.45. The van der Waals surface area contributed by atoms with Crippen LogP contribution in [-0.2, 0) is 4.79 Å². The summed E-state index contributed by atoms with van der Waals surface area (Å²) in [6.07, 6.45) is 55.8. The van der Waals surface area contributed by atoms with Crippen LogP contribution < -0.4 is 5.32 Å². The molecule has 0 bridgehead atoms. The molecule has 0 aromatic heterocycles. The number of rotatable bonds is 43. The minimum atomic E-state index is -0.954. The van der Waals surface area contributed by atoms with E-state index in [1.54, 1.807) is 6.08 Å². The highest BCUT2D eigenvalue weighted by atomic mass is 16.3. The van der Waals surface area contributed by atoms with Crippen LogP contribution in [0.4, 0.5) is 0 Å². The number of unbranched alkanes of at least 4 members (excludes halogenated alkanes) is 30. The highest BCUT2D eigenvalue weighted by Crippen LogP contribution is 2.15. The monoisotopic (exact) mass is 760 g/mol. The molecule has 0 aromatic rings. The first-order valence-electron chi connectivity index (χ1n) is 23.8. The molecule has 54 heavy (non-hydrogen) atoms. The molecule has 0 rings (SSSR count). The molecule has 5 nitrogen and oxygen atoms in total. The van der Waals surface area contributed by atoms with E-state index in [1.807, 2.05) is 6.08 Å². The van der Waals surface area contributed by atoms with Gasteiger partial charge in [-0.3, -0.25) is 4.79 Å². The molecule has 0 radical (unpaired) electrons. The van der Waals surface area contributed by atoms with E-state index in [0.29, 0.717) is 6.42 Å². The molecule has 318 valence electrons. The van der Waals surface area contributed by atoms with Crippen molar-refractivity contribution in [2.24, 2.45) is 0 Å². The second kappa shape index (κ2) is 44.3. The van der Waals surface area contributed by atoms with Gasteiger partial charge < -0.3 is 20.6 Å². The Morgan fingerprint density at radius 2 is 0.796 bits per heavy atom. The first kappa shape index (κ1) is 52.6. The number of carbonyl (C=O) groups excluding carboxylic acids is 1. The van der Waals surface area contributed by atoms with Crippen molar-refractivity contribution in [3.8, 4) is 0 Å². The third-order valence-electron chi connectivity index (χ3n) is 10.9. The van der Waals surface area contributed by atoms with Crippen LogP contribution in [0.3, 0.4) is 0 Å². The molecule has 0 saturated carbocycles. The predicted molar refractivity (Wildman–Crippen MR) is 236 cm³/mol. The van der Waals surface area contributed by atoms with Gasteiger partial charge >= 0.3 is 0 Å². The standard InChI is InChI=1S/C49H93NO4/c1-3-5-7-9-11-13-15-17-19-21-22-23-24-25-27-29-31-33-35-37-39-41-43-48(53)47(45-51)50-49(54)44-46(52)42-40-38-36-34-32-30-28-26-20-18-16-14-12-10-8-6-4-2/h26,28,33,35,41,43,46-48,51-53H,3-25,27,29-32,34,36-40,42,44-45H2,1-2H3,(H,50,54)/b28-26-,35-33+,43-41+. The van der Waals surface area contributed by atoms with E-state index in [0.717, 1.165) is 44.9 Å². The summed E-state index contributed by atoms with van der Waals surface area (Å²) in [4.78, 5) is 12.4. The summed E-state index contributed by atoms with van der Waals surface area (Å²) in [5.74, 6) is -0.329. The van der Waals surface area contributed by atoms with Crippen LogP contribution in [0, 0.1) is 0 Å². The van der Waals surface area contributed by atoms with Gasteiger partial charge in [0, 0.05) is 0 Å². The van der Waals surface area contributed by atoms with E-state index < -0.39 is 18.2 Å². The number of nitrogens with one attached hydrogen (secondary N) is 1. The topological polar surface area (TPSA) is 89.8 Å². The van der Waals surface area contributed by atoms with Crippen molar-refractivity contribution in [2.45, 2.75) is 263 Å². The Hall–Kier alpha value is -1.43. The molecular formula is C49H93NO4. The van der Waals surface area contributed by atoms with Crippen LogP contribution in [0.1, 0.15) is 245 Å². The zero-order chi connectivity index (χ0) is 39.4. The molecule has 0 spiro atoms. The molecule has 0 saturated heterocycles. The van der Waals surface area contributed by atoms with Gasteiger partial charge in [-0.05, 0) is 57.8 Å². The largest absolute Gasteiger partial charge is 0.394 e. The zero-order valence-corrected chi connectivity index (χ0v) is 36.1. The van der Waals surface area contributed by atoms with Crippen LogP contribution in [0.25, 0.3) is 0 Å².